The average molecular weight is 565 g/mol. The summed E-state index contributed by atoms with van der Waals surface area (Å²) in [5.74, 6) is -4.57. The Hall–Kier alpha value is -4.66. The quantitative estimate of drug-likeness (QED) is 0.316. The van der Waals surface area contributed by atoms with Crippen LogP contribution in [0.15, 0.2) is 95.9 Å². The van der Waals surface area contributed by atoms with Crippen molar-refractivity contribution in [2.24, 2.45) is 17.6 Å². The first-order valence-electron chi connectivity index (χ1n) is 13.8. The third-order valence-corrected chi connectivity index (χ3v) is 8.97. The van der Waals surface area contributed by atoms with Gasteiger partial charge in [-0.05, 0) is 61.2 Å². The number of fused-ring (bicyclic) bond motifs is 3. The molecule has 3 aliphatic carbocycles. The summed E-state index contributed by atoms with van der Waals surface area (Å²) in [6, 6.07) is 19.7. The van der Waals surface area contributed by atoms with Gasteiger partial charge in [0.1, 0.15) is 17.3 Å². The number of aliphatic hydroxyl groups excluding tert-OH is 2. The van der Waals surface area contributed by atoms with Gasteiger partial charge in [0.2, 0.25) is 5.78 Å². The Morgan fingerprint density at radius 3 is 2.07 bits per heavy atom. The van der Waals surface area contributed by atoms with E-state index >= 15 is 0 Å². The van der Waals surface area contributed by atoms with Crippen LogP contribution < -0.4 is 5.73 Å². The van der Waals surface area contributed by atoms with Crippen LogP contribution in [-0.2, 0) is 16.0 Å². The van der Waals surface area contributed by atoms with Gasteiger partial charge in [0.25, 0.3) is 0 Å². The molecule has 6 rings (SSSR count). The maximum Gasteiger partial charge on any atom is 0.202 e. The fraction of sp³-hybridized carbons (Fsp3) is 0.235. The Morgan fingerprint density at radius 1 is 0.952 bits per heavy atom. The molecule has 6 N–H and O–H groups in total. The maximum atomic E-state index is 14.3. The number of aliphatic hydroxyl groups is 3. The molecule has 0 spiro atoms. The summed E-state index contributed by atoms with van der Waals surface area (Å²) in [6.45, 7) is 3.59. The first-order valence-corrected chi connectivity index (χ1v) is 13.8. The van der Waals surface area contributed by atoms with E-state index in [9.17, 15) is 30.0 Å². The standard InChI is InChI=1S/C34H32N2O6/c1-17(35)25-31(39)28(36(2)3)24-15-20-14-23-21(18-10-6-4-7-11-18)16-22(19-12-8-5-9-13-19)29(37)27(23)30(38)26(20)33(41)34(24,42)32(25)40/h4-13,16,20,24,28,37-38,40,42H,1,14-15,35H2,2-3H3/t20-,24-,28-,34+/m0/s1. The molecule has 42 heavy (non-hydrogen) atoms. The molecule has 3 aromatic carbocycles. The molecule has 1 saturated carbocycles. The number of ketones is 2. The number of rotatable bonds is 4. The van der Waals surface area contributed by atoms with Gasteiger partial charge in [-0.15, -0.1) is 0 Å². The summed E-state index contributed by atoms with van der Waals surface area (Å²) in [6.07, 6.45) is 0.370. The van der Waals surface area contributed by atoms with Crippen LogP contribution >= 0.6 is 0 Å². The lowest BCUT2D eigenvalue weighted by molar-refractivity contribution is -0.153. The van der Waals surface area contributed by atoms with Crippen LogP contribution in [0.2, 0.25) is 0 Å². The number of benzene rings is 3. The molecule has 0 radical (unpaired) electrons. The van der Waals surface area contributed by atoms with Crippen LogP contribution in [0.5, 0.6) is 5.75 Å². The highest BCUT2D eigenvalue weighted by molar-refractivity contribution is 6.15. The first kappa shape index (κ1) is 27.5. The van der Waals surface area contributed by atoms with E-state index in [4.69, 9.17) is 5.73 Å². The van der Waals surface area contributed by atoms with E-state index in [1.165, 1.54) is 0 Å². The molecule has 0 aromatic heterocycles. The Morgan fingerprint density at radius 2 is 1.52 bits per heavy atom. The van der Waals surface area contributed by atoms with Crippen molar-refractivity contribution in [1.29, 1.82) is 0 Å². The van der Waals surface area contributed by atoms with E-state index in [2.05, 4.69) is 6.58 Å². The summed E-state index contributed by atoms with van der Waals surface area (Å²) < 4.78 is 0. The summed E-state index contributed by atoms with van der Waals surface area (Å²) in [7, 11) is 3.31. The lowest BCUT2D eigenvalue weighted by Crippen LogP contribution is -2.65. The topological polar surface area (TPSA) is 144 Å². The molecule has 3 aliphatic rings. The lowest BCUT2D eigenvalue weighted by Gasteiger charge is -2.50. The van der Waals surface area contributed by atoms with E-state index in [-0.39, 0.29) is 35.4 Å². The van der Waals surface area contributed by atoms with E-state index < -0.39 is 52.1 Å². The van der Waals surface area contributed by atoms with Crippen molar-refractivity contribution in [2.75, 3.05) is 14.1 Å². The van der Waals surface area contributed by atoms with Crippen LogP contribution in [0.25, 0.3) is 28.0 Å². The molecule has 0 saturated heterocycles. The summed E-state index contributed by atoms with van der Waals surface area (Å²) in [4.78, 5) is 29.3. The number of Topliss-reactive ketones (excluding diaryl/α,β-unsaturated/α-hetero) is 2. The van der Waals surface area contributed by atoms with Gasteiger partial charge >= 0.3 is 0 Å². The fourth-order valence-corrected chi connectivity index (χ4v) is 7.10. The molecular weight excluding hydrogens is 532 g/mol. The Bertz CT molecular complexity index is 1720. The van der Waals surface area contributed by atoms with Gasteiger partial charge in [-0.2, -0.15) is 0 Å². The monoisotopic (exact) mass is 564 g/mol. The Kier molecular flexibility index (Phi) is 6.36. The van der Waals surface area contributed by atoms with Crippen molar-refractivity contribution in [3.05, 3.63) is 107 Å². The van der Waals surface area contributed by atoms with Gasteiger partial charge in [-0.1, -0.05) is 67.2 Å². The third-order valence-electron chi connectivity index (χ3n) is 8.97. The van der Waals surface area contributed by atoms with E-state index in [0.29, 0.717) is 11.1 Å². The van der Waals surface area contributed by atoms with Crippen LogP contribution in [0.4, 0.5) is 0 Å². The molecule has 0 unspecified atom stereocenters. The van der Waals surface area contributed by atoms with Gasteiger partial charge in [0.15, 0.2) is 11.4 Å². The molecule has 8 nitrogen and oxygen atoms in total. The second kappa shape index (κ2) is 9.72. The molecule has 214 valence electrons. The van der Waals surface area contributed by atoms with Gasteiger partial charge in [-0.3, -0.25) is 14.5 Å². The zero-order valence-electron chi connectivity index (χ0n) is 23.3. The molecule has 0 heterocycles. The van der Waals surface area contributed by atoms with Gasteiger partial charge in [0.05, 0.1) is 17.2 Å². The second-order valence-corrected chi connectivity index (χ2v) is 11.5. The number of carbonyl (C=O) groups is 2. The Labute approximate surface area is 243 Å². The maximum absolute atomic E-state index is 14.3. The van der Waals surface area contributed by atoms with Crippen molar-refractivity contribution < 1.29 is 30.0 Å². The predicted octanol–water partition coefficient (Wildman–Crippen LogP) is 4.29. The summed E-state index contributed by atoms with van der Waals surface area (Å²) >= 11 is 0. The van der Waals surface area contributed by atoms with Crippen molar-refractivity contribution in [3.63, 3.8) is 0 Å². The average Bonchev–Trinajstić information content (AvgIpc) is 2.95. The zero-order chi connectivity index (χ0) is 30.1. The summed E-state index contributed by atoms with van der Waals surface area (Å²) in [5, 5.41) is 46.6. The number of likely N-dealkylation sites (N-methyl/N-ethyl adjacent to an activating group) is 1. The minimum Gasteiger partial charge on any atom is -0.508 e. The lowest BCUT2D eigenvalue weighted by atomic mass is 9.57. The molecule has 1 fully saturated rings. The first-order chi connectivity index (χ1) is 20.0. The number of hydrogen-bond donors (Lipinski definition) is 5. The van der Waals surface area contributed by atoms with E-state index in [0.717, 1.165) is 16.7 Å². The highest BCUT2D eigenvalue weighted by Crippen LogP contribution is 2.55. The normalized spacial score (nSPS) is 25.3. The molecule has 3 aromatic rings. The SMILES string of the molecule is C=C(N)C1=C(O)[C@@]2(O)C(=O)C3=C(O)c4c(O)c(-c5ccccc5)cc(-c5ccccc5)c4C[C@H]3C[C@H]2[C@H](N(C)C)C1=O. The third kappa shape index (κ3) is 3.76. The molecule has 8 heteroatoms. The largest absolute Gasteiger partial charge is 0.508 e. The number of allylic oxidation sites excluding steroid dienone is 1. The predicted molar refractivity (Wildman–Crippen MR) is 159 cm³/mol. The molecule has 0 aliphatic heterocycles. The van der Waals surface area contributed by atoms with Gasteiger partial charge in [0, 0.05) is 22.8 Å². The number of phenols is 1. The smallest absolute Gasteiger partial charge is 0.202 e. The van der Waals surface area contributed by atoms with E-state index in [1.807, 2.05) is 66.7 Å². The fourth-order valence-electron chi connectivity index (χ4n) is 7.10. The zero-order valence-corrected chi connectivity index (χ0v) is 23.3. The van der Waals surface area contributed by atoms with Gasteiger partial charge < -0.3 is 26.2 Å². The molecular formula is C34H32N2O6. The number of aromatic hydroxyl groups is 1. The number of carbonyl (C=O) groups excluding carboxylic acids is 2. The van der Waals surface area contributed by atoms with Gasteiger partial charge in [-0.25, -0.2) is 0 Å². The van der Waals surface area contributed by atoms with Crippen LogP contribution in [0.3, 0.4) is 0 Å². The molecule has 4 atom stereocenters. The molecule has 0 bridgehead atoms. The van der Waals surface area contributed by atoms with Crippen molar-refractivity contribution in [2.45, 2.75) is 24.5 Å². The minimum atomic E-state index is -2.52. The second-order valence-electron chi connectivity index (χ2n) is 11.5. The van der Waals surface area contributed by atoms with Crippen molar-refractivity contribution in [1.82, 2.24) is 4.90 Å². The highest BCUT2D eigenvalue weighted by atomic mass is 16.3. The van der Waals surface area contributed by atoms with Crippen LogP contribution in [0.1, 0.15) is 17.5 Å². The number of nitrogens with zero attached hydrogens (tertiary/aromatic N) is 1. The van der Waals surface area contributed by atoms with Crippen LogP contribution in [-0.4, -0.2) is 62.6 Å². The minimum absolute atomic E-state index is 0.0961. The number of phenolic OH excluding ortho intramolecular Hbond substituents is 1. The number of hydrogen-bond acceptors (Lipinski definition) is 8. The number of nitrogens with two attached hydrogens (primary N) is 1. The van der Waals surface area contributed by atoms with Crippen LogP contribution in [0, 0.1) is 11.8 Å². The van der Waals surface area contributed by atoms with Crippen molar-refractivity contribution >= 4 is 17.3 Å². The van der Waals surface area contributed by atoms with Crippen molar-refractivity contribution in [3.8, 4) is 28.0 Å². The summed E-state index contributed by atoms with van der Waals surface area (Å²) in [5.41, 5.74) is 6.18. The molecule has 0 amide bonds. The van der Waals surface area contributed by atoms with E-state index in [1.54, 1.807) is 19.0 Å². The highest BCUT2D eigenvalue weighted by Gasteiger charge is 2.63. The Balaban J connectivity index is 1.63.